The van der Waals surface area contributed by atoms with Crippen LogP contribution in [-0.2, 0) is 11.2 Å². The number of hydrogen-bond donors (Lipinski definition) is 1. The highest BCUT2D eigenvalue weighted by atomic mass is 16.1. The Kier molecular flexibility index (Phi) is 4.96. The van der Waals surface area contributed by atoms with Crippen LogP contribution in [0.5, 0.6) is 0 Å². The third-order valence-electron chi connectivity index (χ3n) is 3.33. The molecule has 0 saturated carbocycles. The first-order chi connectivity index (χ1) is 9.31. The lowest BCUT2D eigenvalue weighted by Crippen LogP contribution is -2.26. The summed E-state index contributed by atoms with van der Waals surface area (Å²) in [5.74, 6) is 0.118. The van der Waals surface area contributed by atoms with Gasteiger partial charge >= 0.3 is 0 Å². The van der Waals surface area contributed by atoms with Gasteiger partial charge in [0.2, 0.25) is 5.91 Å². The van der Waals surface area contributed by atoms with Crippen LogP contribution < -0.4 is 5.32 Å². The Morgan fingerprint density at radius 2 is 1.84 bits per heavy atom. The van der Waals surface area contributed by atoms with Gasteiger partial charge in [0.15, 0.2) is 0 Å². The second-order valence-electron chi connectivity index (χ2n) is 4.87. The zero-order valence-corrected chi connectivity index (χ0v) is 11.5. The number of benzene rings is 2. The van der Waals surface area contributed by atoms with Crippen LogP contribution in [-0.4, -0.2) is 12.5 Å². The summed E-state index contributed by atoms with van der Waals surface area (Å²) in [6.07, 6.45) is 3.89. The van der Waals surface area contributed by atoms with Crippen LogP contribution in [0.3, 0.4) is 0 Å². The molecule has 0 heterocycles. The van der Waals surface area contributed by atoms with Crippen LogP contribution >= 0.6 is 0 Å². The van der Waals surface area contributed by atoms with Crippen molar-refractivity contribution >= 4 is 16.7 Å². The maximum atomic E-state index is 11.9. The molecule has 0 atom stereocenters. The highest BCUT2D eigenvalue weighted by molar-refractivity contribution is 5.90. The van der Waals surface area contributed by atoms with Gasteiger partial charge in [-0.15, -0.1) is 0 Å². The van der Waals surface area contributed by atoms with Gasteiger partial charge in [-0.25, -0.2) is 0 Å². The zero-order chi connectivity index (χ0) is 13.5. The van der Waals surface area contributed by atoms with E-state index < -0.39 is 0 Å². The van der Waals surface area contributed by atoms with E-state index in [1.807, 2.05) is 24.3 Å². The Labute approximate surface area is 114 Å². The van der Waals surface area contributed by atoms with Crippen LogP contribution in [0, 0.1) is 0 Å². The topological polar surface area (TPSA) is 29.1 Å². The Morgan fingerprint density at radius 3 is 2.68 bits per heavy atom. The molecule has 0 fully saturated rings. The number of carbonyl (C=O) groups is 1. The van der Waals surface area contributed by atoms with Gasteiger partial charge in [-0.3, -0.25) is 4.79 Å². The van der Waals surface area contributed by atoms with Gasteiger partial charge < -0.3 is 5.32 Å². The molecule has 2 heteroatoms. The molecule has 100 valence electrons. The van der Waals surface area contributed by atoms with Gasteiger partial charge in [-0.2, -0.15) is 0 Å². The fourth-order valence-corrected chi connectivity index (χ4v) is 2.28. The van der Waals surface area contributed by atoms with E-state index in [4.69, 9.17) is 0 Å². The standard InChI is InChI=1S/C17H21NO/c1-2-3-6-12-18-17(19)13-15-10-7-9-14-8-4-5-11-16(14)15/h4-5,7-11H,2-3,6,12-13H2,1H3,(H,18,19). The fourth-order valence-electron chi connectivity index (χ4n) is 2.28. The summed E-state index contributed by atoms with van der Waals surface area (Å²) in [6, 6.07) is 14.3. The molecule has 0 aliphatic heterocycles. The van der Waals surface area contributed by atoms with Gasteiger partial charge in [0, 0.05) is 6.54 Å². The van der Waals surface area contributed by atoms with Gasteiger partial charge in [0.05, 0.1) is 6.42 Å². The molecule has 2 rings (SSSR count). The van der Waals surface area contributed by atoms with Crippen molar-refractivity contribution in [3.63, 3.8) is 0 Å². The third kappa shape index (κ3) is 3.82. The number of carbonyl (C=O) groups excluding carboxylic acids is 1. The van der Waals surface area contributed by atoms with Crippen molar-refractivity contribution in [2.45, 2.75) is 32.6 Å². The highest BCUT2D eigenvalue weighted by Gasteiger charge is 2.05. The maximum absolute atomic E-state index is 11.9. The number of amides is 1. The molecule has 0 aromatic heterocycles. The van der Waals surface area contributed by atoms with Crippen molar-refractivity contribution in [2.75, 3.05) is 6.54 Å². The van der Waals surface area contributed by atoms with Crippen LogP contribution in [0.25, 0.3) is 10.8 Å². The van der Waals surface area contributed by atoms with Crippen molar-refractivity contribution in [1.29, 1.82) is 0 Å². The van der Waals surface area contributed by atoms with Crippen molar-refractivity contribution in [2.24, 2.45) is 0 Å². The minimum atomic E-state index is 0.118. The molecular formula is C17H21NO. The van der Waals surface area contributed by atoms with Gasteiger partial charge in [0.1, 0.15) is 0 Å². The number of rotatable bonds is 6. The van der Waals surface area contributed by atoms with Crippen molar-refractivity contribution < 1.29 is 4.79 Å². The summed E-state index contributed by atoms with van der Waals surface area (Å²) in [7, 11) is 0. The third-order valence-corrected chi connectivity index (χ3v) is 3.33. The van der Waals surface area contributed by atoms with Crippen LogP contribution in [0.4, 0.5) is 0 Å². The largest absolute Gasteiger partial charge is 0.356 e. The van der Waals surface area contributed by atoms with Gasteiger partial charge in [0.25, 0.3) is 0 Å². The van der Waals surface area contributed by atoms with Gasteiger partial charge in [-0.05, 0) is 22.8 Å². The van der Waals surface area contributed by atoms with Crippen molar-refractivity contribution in [1.82, 2.24) is 5.32 Å². The van der Waals surface area contributed by atoms with E-state index in [9.17, 15) is 4.79 Å². The molecule has 0 bridgehead atoms. The summed E-state index contributed by atoms with van der Waals surface area (Å²) in [4.78, 5) is 11.9. The van der Waals surface area contributed by atoms with Crippen molar-refractivity contribution in [3.05, 3.63) is 48.0 Å². The van der Waals surface area contributed by atoms with E-state index in [1.165, 1.54) is 23.6 Å². The van der Waals surface area contributed by atoms with E-state index >= 15 is 0 Å². The smallest absolute Gasteiger partial charge is 0.224 e. The van der Waals surface area contributed by atoms with Crippen LogP contribution in [0.15, 0.2) is 42.5 Å². The molecule has 0 saturated heterocycles. The number of fused-ring (bicyclic) bond motifs is 1. The summed E-state index contributed by atoms with van der Waals surface area (Å²) >= 11 is 0. The predicted octanol–water partition coefficient (Wildman–Crippen LogP) is 3.69. The molecule has 2 aromatic rings. The highest BCUT2D eigenvalue weighted by Crippen LogP contribution is 2.18. The lowest BCUT2D eigenvalue weighted by molar-refractivity contribution is -0.120. The molecule has 19 heavy (non-hydrogen) atoms. The first-order valence-electron chi connectivity index (χ1n) is 7.04. The first-order valence-corrected chi connectivity index (χ1v) is 7.04. The molecule has 0 spiro atoms. The Bertz CT molecular complexity index is 542. The number of hydrogen-bond acceptors (Lipinski definition) is 1. The minimum absolute atomic E-state index is 0.118. The second kappa shape index (κ2) is 6.93. The lowest BCUT2D eigenvalue weighted by atomic mass is 10.0. The molecule has 2 aromatic carbocycles. The van der Waals surface area contributed by atoms with E-state index in [2.05, 4.69) is 30.4 Å². The monoisotopic (exact) mass is 255 g/mol. The average Bonchev–Trinajstić information content (AvgIpc) is 2.44. The molecule has 0 aliphatic carbocycles. The molecule has 0 aliphatic rings. The molecular weight excluding hydrogens is 234 g/mol. The Balaban J connectivity index is 1.99. The average molecular weight is 255 g/mol. The second-order valence-corrected chi connectivity index (χ2v) is 4.87. The normalized spacial score (nSPS) is 10.6. The minimum Gasteiger partial charge on any atom is -0.356 e. The van der Waals surface area contributed by atoms with Crippen LogP contribution in [0.2, 0.25) is 0 Å². The molecule has 0 unspecified atom stereocenters. The number of nitrogens with one attached hydrogen (secondary N) is 1. The van der Waals surface area contributed by atoms with Crippen LogP contribution in [0.1, 0.15) is 31.7 Å². The predicted molar refractivity (Wildman–Crippen MR) is 80.2 cm³/mol. The SMILES string of the molecule is CCCCCNC(=O)Cc1cccc2ccccc12. The fraction of sp³-hybridized carbons (Fsp3) is 0.353. The van der Waals surface area contributed by atoms with E-state index in [0.717, 1.165) is 18.5 Å². The Morgan fingerprint density at radius 1 is 1.05 bits per heavy atom. The number of unbranched alkanes of at least 4 members (excludes halogenated alkanes) is 2. The molecule has 1 amide bonds. The van der Waals surface area contributed by atoms with E-state index in [0.29, 0.717) is 6.42 Å². The summed E-state index contributed by atoms with van der Waals surface area (Å²) in [5, 5.41) is 5.36. The Hall–Kier alpha value is -1.83. The quantitative estimate of drug-likeness (QED) is 0.784. The van der Waals surface area contributed by atoms with Crippen molar-refractivity contribution in [3.8, 4) is 0 Å². The van der Waals surface area contributed by atoms with E-state index in [1.54, 1.807) is 0 Å². The summed E-state index contributed by atoms with van der Waals surface area (Å²) in [6.45, 7) is 2.95. The summed E-state index contributed by atoms with van der Waals surface area (Å²) in [5.41, 5.74) is 1.10. The summed E-state index contributed by atoms with van der Waals surface area (Å²) < 4.78 is 0. The first kappa shape index (κ1) is 13.6. The van der Waals surface area contributed by atoms with E-state index in [-0.39, 0.29) is 5.91 Å². The maximum Gasteiger partial charge on any atom is 0.224 e. The lowest BCUT2D eigenvalue weighted by Gasteiger charge is -2.07. The molecule has 0 radical (unpaired) electrons. The van der Waals surface area contributed by atoms with Gasteiger partial charge in [-0.1, -0.05) is 62.2 Å². The zero-order valence-electron chi connectivity index (χ0n) is 11.5. The molecule has 1 N–H and O–H groups in total. The molecule has 2 nitrogen and oxygen atoms in total.